The molecule has 0 aromatic heterocycles. The van der Waals surface area contributed by atoms with Crippen molar-refractivity contribution in [2.75, 3.05) is 58.2 Å². The van der Waals surface area contributed by atoms with Crippen LogP contribution in [-0.2, 0) is 14.4 Å². The largest absolute Gasteiger partial charge is 0.350 e. The highest BCUT2D eigenvalue weighted by Gasteiger charge is 2.23. The molecular weight excluding hydrogens is 389 g/mol. The Balaban J connectivity index is 1.69. The molecule has 9 heteroatoms. The first-order valence-electron chi connectivity index (χ1n) is 10.1. The Labute approximate surface area is 177 Å². The van der Waals surface area contributed by atoms with Gasteiger partial charge in [-0.25, -0.2) is 4.39 Å². The molecule has 2 N–H and O–H groups in total. The normalized spacial score (nSPS) is 15.5. The average molecular weight is 422 g/mol. The van der Waals surface area contributed by atoms with E-state index < -0.39 is 0 Å². The summed E-state index contributed by atoms with van der Waals surface area (Å²) in [4.78, 5) is 42.0. The molecular formula is C21H32FN5O3. The third kappa shape index (κ3) is 8.46. The molecule has 1 saturated heterocycles. The summed E-state index contributed by atoms with van der Waals surface area (Å²) in [5.41, 5.74) is 0.226. The van der Waals surface area contributed by atoms with Crippen LogP contribution >= 0.6 is 0 Å². The number of likely N-dealkylation sites (N-methyl/N-ethyl adjacent to an activating group) is 1. The van der Waals surface area contributed by atoms with Crippen molar-refractivity contribution in [1.29, 1.82) is 0 Å². The highest BCUT2D eigenvalue weighted by molar-refractivity contribution is 5.92. The number of halogens is 1. The van der Waals surface area contributed by atoms with Crippen LogP contribution in [0.1, 0.15) is 20.8 Å². The molecule has 1 aromatic rings. The summed E-state index contributed by atoms with van der Waals surface area (Å²) in [5.74, 6) is -0.799. The average Bonchev–Trinajstić information content (AvgIpc) is 2.63. The standard InChI is InChI=1S/C21H32FN5O3/c1-21(2,3)24-19(29)13-25(4)20(30)15-27-11-9-26(10-12-27)14-18(28)23-17-7-5-16(22)6-8-17/h5-8H,9-15H2,1-4H3,(H,23,28)(H,24,29). The summed E-state index contributed by atoms with van der Waals surface area (Å²) in [7, 11) is 1.63. The SMILES string of the molecule is CN(CC(=O)NC(C)(C)C)C(=O)CN1CCN(CC(=O)Nc2ccc(F)cc2)CC1. The molecule has 1 heterocycles. The number of amides is 3. The summed E-state index contributed by atoms with van der Waals surface area (Å²) in [6, 6.07) is 5.65. The highest BCUT2D eigenvalue weighted by Crippen LogP contribution is 2.09. The van der Waals surface area contributed by atoms with Gasteiger partial charge in [0.15, 0.2) is 0 Å². The molecule has 1 aromatic carbocycles. The summed E-state index contributed by atoms with van der Waals surface area (Å²) < 4.78 is 12.9. The summed E-state index contributed by atoms with van der Waals surface area (Å²) in [5, 5.41) is 5.59. The Bertz CT molecular complexity index is 740. The molecule has 0 unspecified atom stereocenters. The van der Waals surface area contributed by atoms with E-state index in [9.17, 15) is 18.8 Å². The van der Waals surface area contributed by atoms with Crippen LogP contribution in [0.15, 0.2) is 24.3 Å². The predicted octanol–water partition coefficient (Wildman–Crippen LogP) is 0.755. The summed E-state index contributed by atoms with van der Waals surface area (Å²) in [6.07, 6.45) is 0. The Morgan fingerprint density at radius 3 is 2.03 bits per heavy atom. The Morgan fingerprint density at radius 1 is 0.967 bits per heavy atom. The van der Waals surface area contributed by atoms with Gasteiger partial charge in [0.25, 0.3) is 0 Å². The molecule has 1 aliphatic heterocycles. The number of nitrogens with one attached hydrogen (secondary N) is 2. The van der Waals surface area contributed by atoms with Crippen LogP contribution in [0.3, 0.4) is 0 Å². The zero-order valence-corrected chi connectivity index (χ0v) is 18.2. The van der Waals surface area contributed by atoms with Gasteiger partial charge in [-0.15, -0.1) is 0 Å². The molecule has 0 saturated carbocycles. The lowest BCUT2D eigenvalue weighted by molar-refractivity contribution is -0.136. The van der Waals surface area contributed by atoms with Gasteiger partial charge in [-0.3, -0.25) is 24.2 Å². The number of carbonyl (C=O) groups excluding carboxylic acids is 3. The second kappa shape index (κ2) is 10.5. The van der Waals surface area contributed by atoms with Crippen molar-refractivity contribution >= 4 is 23.4 Å². The van der Waals surface area contributed by atoms with E-state index in [2.05, 4.69) is 10.6 Å². The van der Waals surface area contributed by atoms with Crippen LogP contribution in [0, 0.1) is 5.82 Å². The van der Waals surface area contributed by atoms with Crippen LogP contribution in [0.5, 0.6) is 0 Å². The number of nitrogens with zero attached hydrogens (tertiary/aromatic N) is 3. The first-order chi connectivity index (χ1) is 14.0. The number of anilines is 1. The molecule has 8 nitrogen and oxygen atoms in total. The monoisotopic (exact) mass is 421 g/mol. The molecule has 30 heavy (non-hydrogen) atoms. The van der Waals surface area contributed by atoms with Gasteiger partial charge in [-0.2, -0.15) is 0 Å². The topological polar surface area (TPSA) is 85.0 Å². The van der Waals surface area contributed by atoms with Crippen LogP contribution < -0.4 is 10.6 Å². The van der Waals surface area contributed by atoms with Gasteiger partial charge in [0, 0.05) is 44.5 Å². The van der Waals surface area contributed by atoms with E-state index in [0.29, 0.717) is 31.9 Å². The molecule has 0 aliphatic carbocycles. The lowest BCUT2D eigenvalue weighted by Crippen LogP contribution is -2.52. The molecule has 0 spiro atoms. The van der Waals surface area contributed by atoms with Crippen molar-refractivity contribution in [2.45, 2.75) is 26.3 Å². The minimum Gasteiger partial charge on any atom is -0.350 e. The maximum atomic E-state index is 12.9. The number of hydrogen-bond donors (Lipinski definition) is 2. The molecule has 0 atom stereocenters. The predicted molar refractivity (Wildman–Crippen MR) is 113 cm³/mol. The number of rotatable bonds is 7. The third-order valence-electron chi connectivity index (χ3n) is 4.64. The highest BCUT2D eigenvalue weighted by atomic mass is 19.1. The van der Waals surface area contributed by atoms with Crippen molar-refractivity contribution < 1.29 is 18.8 Å². The summed E-state index contributed by atoms with van der Waals surface area (Å²) >= 11 is 0. The van der Waals surface area contributed by atoms with Crippen molar-refractivity contribution in [2.24, 2.45) is 0 Å². The number of benzene rings is 1. The van der Waals surface area contributed by atoms with E-state index in [1.807, 2.05) is 30.6 Å². The Morgan fingerprint density at radius 2 is 1.50 bits per heavy atom. The third-order valence-corrected chi connectivity index (χ3v) is 4.64. The van der Waals surface area contributed by atoms with Gasteiger partial charge in [0.1, 0.15) is 5.82 Å². The van der Waals surface area contributed by atoms with Gasteiger partial charge in [0.05, 0.1) is 19.6 Å². The van der Waals surface area contributed by atoms with Gasteiger partial charge in [-0.1, -0.05) is 0 Å². The first-order valence-corrected chi connectivity index (χ1v) is 10.1. The second-order valence-electron chi connectivity index (χ2n) is 8.66. The van der Waals surface area contributed by atoms with E-state index in [4.69, 9.17) is 0 Å². The molecule has 2 rings (SSSR count). The fourth-order valence-electron chi connectivity index (χ4n) is 3.12. The minimum atomic E-state index is -0.348. The molecule has 166 valence electrons. The first kappa shape index (κ1) is 23.8. The summed E-state index contributed by atoms with van der Waals surface area (Å²) in [6.45, 7) is 8.86. The molecule has 3 amide bonds. The van der Waals surface area contributed by atoms with Crippen LogP contribution in [0.25, 0.3) is 0 Å². The van der Waals surface area contributed by atoms with E-state index in [1.54, 1.807) is 7.05 Å². The van der Waals surface area contributed by atoms with Gasteiger partial charge in [-0.05, 0) is 45.0 Å². The Hall–Kier alpha value is -2.52. The lowest BCUT2D eigenvalue weighted by Gasteiger charge is -2.34. The van der Waals surface area contributed by atoms with E-state index >= 15 is 0 Å². The molecule has 0 bridgehead atoms. The number of carbonyl (C=O) groups is 3. The number of hydrogen-bond acceptors (Lipinski definition) is 5. The maximum Gasteiger partial charge on any atom is 0.240 e. The van der Waals surface area contributed by atoms with Gasteiger partial charge < -0.3 is 15.5 Å². The smallest absolute Gasteiger partial charge is 0.240 e. The Kier molecular flexibility index (Phi) is 8.31. The fourth-order valence-corrected chi connectivity index (χ4v) is 3.12. The fraction of sp³-hybridized carbons (Fsp3) is 0.571. The van der Waals surface area contributed by atoms with Crippen molar-refractivity contribution in [1.82, 2.24) is 20.0 Å². The zero-order chi connectivity index (χ0) is 22.3. The van der Waals surface area contributed by atoms with Gasteiger partial charge in [0.2, 0.25) is 17.7 Å². The maximum absolute atomic E-state index is 12.9. The van der Waals surface area contributed by atoms with E-state index in [1.165, 1.54) is 29.2 Å². The van der Waals surface area contributed by atoms with Crippen LogP contribution in [0.4, 0.5) is 10.1 Å². The molecule has 0 radical (unpaired) electrons. The van der Waals surface area contributed by atoms with E-state index in [0.717, 1.165) is 0 Å². The second-order valence-corrected chi connectivity index (χ2v) is 8.66. The quantitative estimate of drug-likeness (QED) is 0.679. The van der Waals surface area contributed by atoms with Crippen molar-refractivity contribution in [3.63, 3.8) is 0 Å². The van der Waals surface area contributed by atoms with Gasteiger partial charge >= 0.3 is 0 Å². The molecule has 1 aliphatic rings. The van der Waals surface area contributed by atoms with Crippen molar-refractivity contribution in [3.05, 3.63) is 30.1 Å². The number of piperazine rings is 1. The van der Waals surface area contributed by atoms with Crippen LogP contribution in [-0.4, -0.2) is 90.8 Å². The lowest BCUT2D eigenvalue weighted by atomic mass is 10.1. The zero-order valence-electron chi connectivity index (χ0n) is 18.2. The van der Waals surface area contributed by atoms with Crippen LogP contribution in [0.2, 0.25) is 0 Å². The van der Waals surface area contributed by atoms with Crippen molar-refractivity contribution in [3.8, 4) is 0 Å². The minimum absolute atomic E-state index is 0.0274. The van der Waals surface area contributed by atoms with E-state index in [-0.39, 0.29) is 48.7 Å². The molecule has 1 fully saturated rings.